The molecule has 0 radical (unpaired) electrons. The molecular formula is C29H49ClO4Si. The van der Waals surface area contributed by atoms with Gasteiger partial charge in [0.2, 0.25) is 0 Å². The quantitative estimate of drug-likeness (QED) is 0.297. The Hall–Kier alpha value is -0.353. The fourth-order valence-corrected chi connectivity index (χ4v) is 7.23. The summed E-state index contributed by atoms with van der Waals surface area (Å²) in [5.74, 6) is 6.75. The number of hydrogen-bond acceptors (Lipinski definition) is 4. The van der Waals surface area contributed by atoms with E-state index in [1.807, 2.05) is 13.8 Å². The van der Waals surface area contributed by atoms with Gasteiger partial charge in [-0.1, -0.05) is 66.1 Å². The Kier molecular flexibility index (Phi) is 9.01. The first-order valence-electron chi connectivity index (χ1n) is 13.6. The first-order chi connectivity index (χ1) is 16.1. The lowest BCUT2D eigenvalue weighted by molar-refractivity contribution is -0.298. The van der Waals surface area contributed by atoms with Crippen LogP contribution in [0.4, 0.5) is 0 Å². The second-order valence-electron chi connectivity index (χ2n) is 13.6. The lowest BCUT2D eigenvalue weighted by Crippen LogP contribution is -2.47. The Morgan fingerprint density at radius 2 is 1.83 bits per heavy atom. The highest BCUT2D eigenvalue weighted by Gasteiger charge is 2.58. The van der Waals surface area contributed by atoms with Crippen molar-refractivity contribution in [3.63, 3.8) is 0 Å². The maximum Gasteiger partial charge on any atom is 0.192 e. The highest BCUT2D eigenvalue weighted by atomic mass is 35.5. The number of aliphatic hydroxyl groups excluding tert-OH is 1. The van der Waals surface area contributed by atoms with Crippen LogP contribution in [0.5, 0.6) is 0 Å². The standard InChI is InChI=1S/C29H49ClO4Si/c1-10-11-12-13-20(2)26(31)24(30)15-22-23-17-29(32-18-28(6,7)19-33-29)16-21(23)14-25(22)34-35(8,9)27(3,4)5/h15,20-23,25-26,31H,10,13-14,16-19H2,1-9H3/t20-,21+,22+,23-,25+,26-/m0/s1. The summed E-state index contributed by atoms with van der Waals surface area (Å²) in [5, 5.41) is 11.6. The maximum atomic E-state index is 11.0. The Morgan fingerprint density at radius 3 is 2.40 bits per heavy atom. The Bertz CT molecular complexity index is 824. The lowest BCUT2D eigenvalue weighted by Gasteiger charge is -2.43. The lowest BCUT2D eigenvalue weighted by atomic mass is 9.89. The molecule has 200 valence electrons. The summed E-state index contributed by atoms with van der Waals surface area (Å²) in [5.41, 5.74) is 0.0560. The van der Waals surface area contributed by atoms with Crippen LogP contribution in [0, 0.1) is 40.9 Å². The third-order valence-corrected chi connectivity index (χ3v) is 13.6. The van der Waals surface area contributed by atoms with Crippen LogP contribution < -0.4 is 0 Å². The molecule has 1 saturated heterocycles. The smallest absolute Gasteiger partial charge is 0.192 e. The normalized spacial score (nSPS) is 32.1. The Balaban J connectivity index is 1.83. The second kappa shape index (κ2) is 10.8. The van der Waals surface area contributed by atoms with Gasteiger partial charge in [-0.15, -0.1) is 11.8 Å². The molecule has 0 aromatic carbocycles. The summed E-state index contributed by atoms with van der Waals surface area (Å²) in [6.45, 7) is 21.4. The highest BCUT2D eigenvalue weighted by Crippen LogP contribution is 2.57. The summed E-state index contributed by atoms with van der Waals surface area (Å²) in [6.07, 6.45) is 5.75. The zero-order valence-corrected chi connectivity index (χ0v) is 25.3. The minimum atomic E-state index is -1.96. The van der Waals surface area contributed by atoms with Gasteiger partial charge in [0.1, 0.15) is 0 Å². The van der Waals surface area contributed by atoms with Gasteiger partial charge >= 0.3 is 0 Å². The molecule has 2 saturated carbocycles. The van der Waals surface area contributed by atoms with Gasteiger partial charge in [0.25, 0.3) is 0 Å². The van der Waals surface area contributed by atoms with Gasteiger partial charge in [-0.3, -0.25) is 0 Å². The summed E-state index contributed by atoms with van der Waals surface area (Å²) < 4.78 is 19.8. The zero-order valence-electron chi connectivity index (χ0n) is 23.5. The average Bonchev–Trinajstić information content (AvgIpc) is 3.24. The van der Waals surface area contributed by atoms with E-state index in [0.717, 1.165) is 38.9 Å². The van der Waals surface area contributed by atoms with E-state index in [4.69, 9.17) is 25.5 Å². The Labute approximate surface area is 220 Å². The third-order valence-electron chi connectivity index (χ3n) is 8.79. The minimum absolute atomic E-state index is 0.0167. The van der Waals surface area contributed by atoms with Crippen molar-refractivity contribution in [2.75, 3.05) is 13.2 Å². The largest absolute Gasteiger partial charge is 0.413 e. The fraction of sp³-hybridized carbons (Fsp3) is 0.862. The molecule has 1 spiro atoms. The number of ether oxygens (including phenoxy) is 2. The molecule has 0 unspecified atom stereocenters. The van der Waals surface area contributed by atoms with Gasteiger partial charge in [0.05, 0.1) is 25.4 Å². The van der Waals surface area contributed by atoms with Crippen LogP contribution in [0.25, 0.3) is 0 Å². The van der Waals surface area contributed by atoms with E-state index < -0.39 is 20.2 Å². The van der Waals surface area contributed by atoms with Gasteiger partial charge in [-0.25, -0.2) is 0 Å². The minimum Gasteiger partial charge on any atom is -0.413 e. The van der Waals surface area contributed by atoms with E-state index in [2.05, 4.69) is 65.6 Å². The molecule has 1 N–H and O–H groups in total. The maximum absolute atomic E-state index is 11.0. The average molecular weight is 525 g/mol. The van der Waals surface area contributed by atoms with Gasteiger partial charge < -0.3 is 19.0 Å². The van der Waals surface area contributed by atoms with Gasteiger partial charge in [-0.05, 0) is 42.3 Å². The van der Waals surface area contributed by atoms with E-state index in [1.165, 1.54) is 0 Å². The number of hydrogen-bond donors (Lipinski definition) is 1. The highest BCUT2D eigenvalue weighted by molar-refractivity contribution is 6.74. The zero-order chi connectivity index (χ0) is 26.2. The van der Waals surface area contributed by atoms with Crippen molar-refractivity contribution < 1.29 is 19.0 Å². The molecule has 0 bridgehead atoms. The van der Waals surface area contributed by atoms with E-state index in [0.29, 0.717) is 23.3 Å². The summed E-state index contributed by atoms with van der Waals surface area (Å²) in [6, 6.07) is 0. The van der Waals surface area contributed by atoms with E-state index in [-0.39, 0.29) is 28.4 Å². The molecular weight excluding hydrogens is 476 g/mol. The molecule has 3 fully saturated rings. The molecule has 0 aromatic heterocycles. The van der Waals surface area contributed by atoms with Crippen molar-refractivity contribution in [1.82, 2.24) is 0 Å². The van der Waals surface area contributed by atoms with Crippen molar-refractivity contribution in [3.8, 4) is 11.8 Å². The Morgan fingerprint density at radius 1 is 1.20 bits per heavy atom. The fourth-order valence-electron chi connectivity index (χ4n) is 5.51. The summed E-state index contributed by atoms with van der Waals surface area (Å²) in [4.78, 5) is 0. The van der Waals surface area contributed by atoms with Gasteiger partial charge in [0.15, 0.2) is 14.1 Å². The number of halogens is 1. The van der Waals surface area contributed by atoms with E-state index in [9.17, 15) is 5.11 Å². The molecule has 6 atom stereocenters. The molecule has 35 heavy (non-hydrogen) atoms. The molecule has 3 rings (SSSR count). The van der Waals surface area contributed by atoms with Gasteiger partial charge in [-0.2, -0.15) is 0 Å². The number of aliphatic hydroxyl groups is 1. The molecule has 2 aliphatic carbocycles. The first-order valence-corrected chi connectivity index (χ1v) is 16.8. The van der Waals surface area contributed by atoms with Crippen molar-refractivity contribution in [2.45, 2.75) is 117 Å². The van der Waals surface area contributed by atoms with Gasteiger partial charge in [0, 0.05) is 42.0 Å². The molecule has 1 heterocycles. The van der Waals surface area contributed by atoms with Crippen molar-refractivity contribution >= 4 is 19.9 Å². The van der Waals surface area contributed by atoms with Crippen molar-refractivity contribution in [3.05, 3.63) is 11.1 Å². The van der Waals surface area contributed by atoms with Crippen LogP contribution in [-0.2, 0) is 13.9 Å². The number of rotatable bonds is 6. The molecule has 0 amide bonds. The van der Waals surface area contributed by atoms with Crippen LogP contribution >= 0.6 is 11.6 Å². The van der Waals surface area contributed by atoms with Crippen LogP contribution in [0.2, 0.25) is 18.1 Å². The van der Waals surface area contributed by atoms with E-state index in [1.54, 1.807) is 0 Å². The SMILES string of the molecule is CCC#CC[C@H](C)[C@H](O)C(Cl)=C[C@@H]1[C@H]2CC3(C[C@H]2C[C@H]1O[Si](C)(C)C(C)(C)C)OCC(C)(C)CO3. The predicted octanol–water partition coefficient (Wildman–Crippen LogP) is 7.12. The van der Waals surface area contributed by atoms with Crippen LogP contribution in [0.1, 0.15) is 80.6 Å². The molecule has 6 heteroatoms. The van der Waals surface area contributed by atoms with Crippen LogP contribution in [-0.4, -0.2) is 44.6 Å². The monoisotopic (exact) mass is 524 g/mol. The van der Waals surface area contributed by atoms with E-state index >= 15 is 0 Å². The van der Waals surface area contributed by atoms with Crippen LogP contribution in [0.15, 0.2) is 11.1 Å². The molecule has 4 nitrogen and oxygen atoms in total. The number of fused-ring (bicyclic) bond motifs is 1. The summed E-state index contributed by atoms with van der Waals surface area (Å²) in [7, 11) is -1.96. The first kappa shape index (κ1) is 29.2. The second-order valence-corrected chi connectivity index (χ2v) is 18.8. The third kappa shape index (κ3) is 6.75. The van der Waals surface area contributed by atoms with Crippen molar-refractivity contribution in [1.29, 1.82) is 0 Å². The molecule has 1 aliphatic heterocycles. The topological polar surface area (TPSA) is 47.9 Å². The molecule has 3 aliphatic rings. The van der Waals surface area contributed by atoms with Crippen molar-refractivity contribution in [2.24, 2.45) is 29.1 Å². The summed E-state index contributed by atoms with van der Waals surface area (Å²) >= 11 is 6.81. The predicted molar refractivity (Wildman–Crippen MR) is 147 cm³/mol. The van der Waals surface area contributed by atoms with Crippen LogP contribution in [0.3, 0.4) is 0 Å². The molecule has 0 aromatic rings.